The molecule has 2 amide bonds. The molecule has 2 N–H and O–H groups in total. The molecule has 1 aromatic heterocycles. The van der Waals surface area contributed by atoms with Gasteiger partial charge in [0.15, 0.2) is 0 Å². The van der Waals surface area contributed by atoms with Gasteiger partial charge < -0.3 is 15.5 Å². The normalized spacial score (nSPS) is 18.3. The maximum absolute atomic E-state index is 12.1. The predicted octanol–water partition coefficient (Wildman–Crippen LogP) is 1.89. The summed E-state index contributed by atoms with van der Waals surface area (Å²) < 4.78 is 0. The van der Waals surface area contributed by atoms with Crippen LogP contribution in [-0.4, -0.2) is 48.9 Å². The molecule has 3 rings (SSSR count). The maximum atomic E-state index is 12.1. The van der Waals surface area contributed by atoms with Gasteiger partial charge in [-0.05, 0) is 49.6 Å². The van der Waals surface area contributed by atoms with Crippen molar-refractivity contribution in [3.63, 3.8) is 0 Å². The molecule has 2 aliphatic rings. The molecule has 0 spiro atoms. The van der Waals surface area contributed by atoms with E-state index in [9.17, 15) is 9.59 Å². The number of amides is 2. The SMILES string of the molecule is Cl.O=C(NCC(=O)N1CCC(NCC2CC2)CC1)c1cccs1. The highest BCUT2D eigenvalue weighted by Crippen LogP contribution is 2.28. The van der Waals surface area contributed by atoms with Crippen molar-refractivity contribution in [2.45, 2.75) is 31.7 Å². The van der Waals surface area contributed by atoms with Crippen molar-refractivity contribution in [3.8, 4) is 0 Å². The topological polar surface area (TPSA) is 61.4 Å². The number of hydrogen-bond acceptors (Lipinski definition) is 4. The van der Waals surface area contributed by atoms with Gasteiger partial charge in [-0.2, -0.15) is 0 Å². The highest BCUT2D eigenvalue weighted by Gasteiger charge is 2.26. The van der Waals surface area contributed by atoms with Gasteiger partial charge in [-0.1, -0.05) is 6.07 Å². The number of hydrogen-bond donors (Lipinski definition) is 2. The Hall–Kier alpha value is -1.11. The van der Waals surface area contributed by atoms with Crippen LogP contribution in [0.5, 0.6) is 0 Å². The van der Waals surface area contributed by atoms with Crippen molar-refractivity contribution < 1.29 is 9.59 Å². The van der Waals surface area contributed by atoms with E-state index in [1.54, 1.807) is 6.07 Å². The Morgan fingerprint density at radius 3 is 2.57 bits per heavy atom. The fourth-order valence-electron chi connectivity index (χ4n) is 2.75. The summed E-state index contributed by atoms with van der Waals surface area (Å²) in [7, 11) is 0. The molecular formula is C16H24ClN3O2S. The van der Waals surface area contributed by atoms with Crippen LogP contribution in [0.1, 0.15) is 35.4 Å². The molecule has 1 saturated heterocycles. The van der Waals surface area contributed by atoms with Gasteiger partial charge in [-0.3, -0.25) is 9.59 Å². The van der Waals surface area contributed by atoms with Crippen LogP contribution >= 0.6 is 23.7 Å². The van der Waals surface area contributed by atoms with Gasteiger partial charge in [0.1, 0.15) is 0 Å². The van der Waals surface area contributed by atoms with Crippen LogP contribution < -0.4 is 10.6 Å². The zero-order valence-electron chi connectivity index (χ0n) is 13.1. The van der Waals surface area contributed by atoms with E-state index in [2.05, 4.69) is 10.6 Å². The Morgan fingerprint density at radius 1 is 1.22 bits per heavy atom. The van der Waals surface area contributed by atoms with Crippen LogP contribution in [0.15, 0.2) is 17.5 Å². The number of carbonyl (C=O) groups excluding carboxylic acids is 2. The molecule has 0 radical (unpaired) electrons. The van der Waals surface area contributed by atoms with Crippen LogP contribution in [0.3, 0.4) is 0 Å². The predicted molar refractivity (Wildman–Crippen MR) is 94.2 cm³/mol. The van der Waals surface area contributed by atoms with Gasteiger partial charge in [-0.15, -0.1) is 23.7 Å². The summed E-state index contributed by atoms with van der Waals surface area (Å²) in [6.45, 7) is 2.80. The molecule has 1 saturated carbocycles. The Labute approximate surface area is 147 Å². The molecule has 7 heteroatoms. The molecule has 5 nitrogen and oxygen atoms in total. The van der Waals surface area contributed by atoms with Crippen molar-refractivity contribution in [2.75, 3.05) is 26.2 Å². The molecule has 1 aromatic rings. The molecule has 2 fully saturated rings. The van der Waals surface area contributed by atoms with Gasteiger partial charge in [0.2, 0.25) is 5.91 Å². The molecule has 128 valence electrons. The van der Waals surface area contributed by atoms with Crippen molar-refractivity contribution in [2.24, 2.45) is 5.92 Å². The first-order valence-electron chi connectivity index (χ1n) is 8.05. The molecular weight excluding hydrogens is 334 g/mol. The Balaban J connectivity index is 0.00000192. The zero-order chi connectivity index (χ0) is 15.4. The first-order chi connectivity index (χ1) is 10.7. The Bertz CT molecular complexity index is 511. The second-order valence-corrected chi connectivity index (χ2v) is 7.11. The minimum atomic E-state index is -0.163. The molecule has 2 heterocycles. The highest BCUT2D eigenvalue weighted by molar-refractivity contribution is 7.12. The molecule has 0 aromatic carbocycles. The Morgan fingerprint density at radius 2 is 1.96 bits per heavy atom. The second kappa shape index (κ2) is 8.66. The number of thiophene rings is 1. The van der Waals surface area contributed by atoms with Crippen LogP contribution in [0, 0.1) is 5.92 Å². The van der Waals surface area contributed by atoms with Gasteiger partial charge in [0.25, 0.3) is 5.91 Å². The number of halogens is 1. The molecule has 1 aliphatic carbocycles. The van der Waals surface area contributed by atoms with Crippen LogP contribution in [-0.2, 0) is 4.79 Å². The maximum Gasteiger partial charge on any atom is 0.261 e. The van der Waals surface area contributed by atoms with Crippen molar-refractivity contribution in [1.82, 2.24) is 15.5 Å². The second-order valence-electron chi connectivity index (χ2n) is 6.17. The van der Waals surface area contributed by atoms with Crippen molar-refractivity contribution >= 4 is 35.6 Å². The first kappa shape index (κ1) is 18.2. The van der Waals surface area contributed by atoms with Crippen LogP contribution in [0.4, 0.5) is 0 Å². The third-order valence-corrected chi connectivity index (χ3v) is 5.25. The lowest BCUT2D eigenvalue weighted by Gasteiger charge is -2.32. The average molecular weight is 358 g/mol. The van der Waals surface area contributed by atoms with Gasteiger partial charge >= 0.3 is 0 Å². The van der Waals surface area contributed by atoms with E-state index >= 15 is 0 Å². The monoisotopic (exact) mass is 357 g/mol. The van der Waals surface area contributed by atoms with Crippen molar-refractivity contribution in [1.29, 1.82) is 0 Å². The van der Waals surface area contributed by atoms with Gasteiger partial charge in [-0.25, -0.2) is 0 Å². The number of rotatable bonds is 6. The van der Waals surface area contributed by atoms with Crippen LogP contribution in [0.2, 0.25) is 0 Å². The lowest BCUT2D eigenvalue weighted by atomic mass is 10.0. The van der Waals surface area contributed by atoms with E-state index in [4.69, 9.17) is 0 Å². The molecule has 23 heavy (non-hydrogen) atoms. The number of carbonyl (C=O) groups is 2. The van der Waals surface area contributed by atoms with Gasteiger partial charge in [0, 0.05) is 19.1 Å². The quantitative estimate of drug-likeness (QED) is 0.817. The Kier molecular flexibility index (Phi) is 6.87. The lowest BCUT2D eigenvalue weighted by Crippen LogP contribution is -2.48. The van der Waals surface area contributed by atoms with Gasteiger partial charge in [0.05, 0.1) is 11.4 Å². The highest BCUT2D eigenvalue weighted by atomic mass is 35.5. The average Bonchev–Trinajstić information content (AvgIpc) is 3.22. The molecule has 0 atom stereocenters. The van der Waals surface area contributed by atoms with Crippen LogP contribution in [0.25, 0.3) is 0 Å². The summed E-state index contributed by atoms with van der Waals surface area (Å²) in [4.78, 5) is 26.5. The fraction of sp³-hybridized carbons (Fsp3) is 0.625. The summed E-state index contributed by atoms with van der Waals surface area (Å²) in [6, 6.07) is 4.15. The summed E-state index contributed by atoms with van der Waals surface area (Å²) in [5.74, 6) is 0.752. The largest absolute Gasteiger partial charge is 0.342 e. The minimum Gasteiger partial charge on any atom is -0.342 e. The fourth-order valence-corrected chi connectivity index (χ4v) is 3.39. The number of nitrogens with one attached hydrogen (secondary N) is 2. The summed E-state index contributed by atoms with van der Waals surface area (Å²) in [5, 5.41) is 8.17. The molecule has 0 unspecified atom stereocenters. The molecule has 1 aliphatic heterocycles. The van der Waals surface area contributed by atoms with E-state index in [1.807, 2.05) is 16.3 Å². The third kappa shape index (κ3) is 5.48. The van der Waals surface area contributed by atoms with E-state index in [0.29, 0.717) is 10.9 Å². The first-order valence-corrected chi connectivity index (χ1v) is 8.93. The number of piperidine rings is 1. The van der Waals surface area contributed by atoms with Crippen molar-refractivity contribution in [3.05, 3.63) is 22.4 Å². The number of likely N-dealkylation sites (tertiary alicyclic amines) is 1. The summed E-state index contributed by atoms with van der Waals surface area (Å²) in [5.41, 5.74) is 0. The van der Waals surface area contributed by atoms with E-state index in [0.717, 1.165) is 38.4 Å². The summed E-state index contributed by atoms with van der Waals surface area (Å²) in [6.07, 6.45) is 4.76. The van der Waals surface area contributed by atoms with E-state index in [1.165, 1.54) is 24.2 Å². The van der Waals surface area contributed by atoms with E-state index in [-0.39, 0.29) is 30.8 Å². The number of nitrogens with zero attached hydrogens (tertiary/aromatic N) is 1. The lowest BCUT2D eigenvalue weighted by molar-refractivity contribution is -0.131. The zero-order valence-corrected chi connectivity index (χ0v) is 14.8. The smallest absolute Gasteiger partial charge is 0.261 e. The minimum absolute atomic E-state index is 0. The standard InChI is InChI=1S/C16H23N3O2S.ClH/c20-15(11-18-16(21)14-2-1-9-22-14)19-7-5-13(6-8-19)17-10-12-3-4-12;/h1-2,9,12-13,17H,3-8,10-11H2,(H,18,21);1H. The third-order valence-electron chi connectivity index (χ3n) is 4.38. The van der Waals surface area contributed by atoms with E-state index < -0.39 is 0 Å². The molecule has 0 bridgehead atoms. The summed E-state index contributed by atoms with van der Waals surface area (Å²) >= 11 is 1.39.